The van der Waals surface area contributed by atoms with Gasteiger partial charge in [0.1, 0.15) is 6.54 Å². The molecule has 1 N–H and O–H groups in total. The van der Waals surface area contributed by atoms with Crippen molar-refractivity contribution >= 4 is 17.3 Å². The molecule has 0 aliphatic carbocycles. The molecule has 0 unspecified atom stereocenters. The summed E-state index contributed by atoms with van der Waals surface area (Å²) in [5.74, 6) is -0.371. The molecule has 0 fully saturated rings. The van der Waals surface area contributed by atoms with E-state index in [2.05, 4.69) is 10.4 Å². The first kappa shape index (κ1) is 19.0. The lowest BCUT2D eigenvalue weighted by Gasteiger charge is -2.11. The Balaban J connectivity index is 1.81. The fraction of sp³-hybridized carbons (Fsp3) is 0.150. The Morgan fingerprint density at radius 3 is 2.50 bits per heavy atom. The Kier molecular flexibility index (Phi) is 5.30. The lowest BCUT2D eigenvalue weighted by molar-refractivity contribution is -0.384. The van der Waals surface area contributed by atoms with Crippen LogP contribution in [0.1, 0.15) is 11.1 Å². The van der Waals surface area contributed by atoms with Gasteiger partial charge in [-0.3, -0.25) is 19.7 Å². The van der Waals surface area contributed by atoms with Gasteiger partial charge in [0.25, 0.3) is 11.2 Å². The summed E-state index contributed by atoms with van der Waals surface area (Å²) in [6.07, 6.45) is 0. The van der Waals surface area contributed by atoms with Crippen LogP contribution in [0.5, 0.6) is 0 Å². The number of amides is 1. The van der Waals surface area contributed by atoms with Crippen molar-refractivity contribution < 1.29 is 9.72 Å². The van der Waals surface area contributed by atoms with E-state index in [0.29, 0.717) is 16.9 Å². The fourth-order valence-corrected chi connectivity index (χ4v) is 2.68. The molecule has 28 heavy (non-hydrogen) atoms. The zero-order chi connectivity index (χ0) is 20.3. The number of carbonyl (C=O) groups excluding carboxylic acids is 1. The molecule has 1 amide bonds. The molecule has 0 aliphatic heterocycles. The lowest BCUT2D eigenvalue weighted by atomic mass is 10.1. The Hall–Kier alpha value is -3.81. The van der Waals surface area contributed by atoms with Gasteiger partial charge < -0.3 is 5.32 Å². The standard InChI is InChI=1S/C20H18N4O4/c1-13-4-3-5-17(14(13)2)21-19(25)12-23-20(26)11-10-18(22-23)15-6-8-16(9-7-15)24(27)28/h3-11H,12H2,1-2H3,(H,21,25). The Morgan fingerprint density at radius 1 is 1.11 bits per heavy atom. The minimum atomic E-state index is -0.490. The van der Waals surface area contributed by atoms with Crippen LogP contribution in [0.2, 0.25) is 0 Å². The molecule has 8 heteroatoms. The quantitative estimate of drug-likeness (QED) is 0.542. The molecule has 2 aromatic carbocycles. The van der Waals surface area contributed by atoms with Gasteiger partial charge in [-0.25, -0.2) is 4.68 Å². The highest BCUT2D eigenvalue weighted by Crippen LogP contribution is 2.20. The number of anilines is 1. The van der Waals surface area contributed by atoms with Crippen LogP contribution in [-0.2, 0) is 11.3 Å². The molecule has 0 atom stereocenters. The predicted octanol–water partition coefficient (Wildman–Crippen LogP) is 3.07. The van der Waals surface area contributed by atoms with Crippen molar-refractivity contribution in [3.63, 3.8) is 0 Å². The second-order valence-electron chi connectivity index (χ2n) is 6.31. The van der Waals surface area contributed by atoms with Gasteiger partial charge in [0.15, 0.2) is 0 Å². The predicted molar refractivity (Wildman–Crippen MR) is 105 cm³/mol. The number of nitro benzene ring substituents is 1. The number of nitrogens with zero attached hydrogens (tertiary/aromatic N) is 3. The average Bonchev–Trinajstić information content (AvgIpc) is 2.67. The molecular formula is C20H18N4O4. The van der Waals surface area contributed by atoms with Gasteiger partial charge >= 0.3 is 0 Å². The summed E-state index contributed by atoms with van der Waals surface area (Å²) in [4.78, 5) is 34.7. The van der Waals surface area contributed by atoms with Crippen molar-refractivity contribution in [3.05, 3.63) is 86.2 Å². The van der Waals surface area contributed by atoms with Gasteiger partial charge in [0.05, 0.1) is 10.6 Å². The van der Waals surface area contributed by atoms with Crippen LogP contribution >= 0.6 is 0 Å². The van der Waals surface area contributed by atoms with E-state index in [-0.39, 0.29) is 18.1 Å². The minimum Gasteiger partial charge on any atom is -0.324 e. The number of aromatic nitrogens is 2. The number of carbonyl (C=O) groups is 1. The summed E-state index contributed by atoms with van der Waals surface area (Å²) in [5.41, 5.74) is 3.28. The number of non-ortho nitro benzene ring substituents is 1. The summed E-state index contributed by atoms with van der Waals surface area (Å²) >= 11 is 0. The molecule has 0 saturated heterocycles. The third-order valence-corrected chi connectivity index (χ3v) is 4.41. The molecule has 0 radical (unpaired) electrons. The highest BCUT2D eigenvalue weighted by atomic mass is 16.6. The van der Waals surface area contributed by atoms with Gasteiger partial charge in [-0.2, -0.15) is 5.10 Å². The SMILES string of the molecule is Cc1cccc(NC(=O)Cn2nc(-c3ccc([N+](=O)[O-])cc3)ccc2=O)c1C. The van der Waals surface area contributed by atoms with E-state index >= 15 is 0 Å². The molecule has 0 saturated carbocycles. The van der Waals surface area contributed by atoms with Crippen molar-refractivity contribution in [2.75, 3.05) is 5.32 Å². The number of nitrogens with one attached hydrogen (secondary N) is 1. The van der Waals surface area contributed by atoms with E-state index in [9.17, 15) is 19.7 Å². The monoisotopic (exact) mass is 378 g/mol. The molecule has 1 aromatic heterocycles. The second kappa shape index (κ2) is 7.83. The Morgan fingerprint density at radius 2 is 1.82 bits per heavy atom. The van der Waals surface area contributed by atoms with Gasteiger partial charge in [0, 0.05) is 29.4 Å². The van der Waals surface area contributed by atoms with Crippen molar-refractivity contribution in [2.24, 2.45) is 0 Å². The average molecular weight is 378 g/mol. The molecule has 8 nitrogen and oxygen atoms in total. The van der Waals surface area contributed by atoms with Crippen molar-refractivity contribution in [2.45, 2.75) is 20.4 Å². The smallest absolute Gasteiger partial charge is 0.269 e. The van der Waals surface area contributed by atoms with Gasteiger partial charge in [0.2, 0.25) is 5.91 Å². The van der Waals surface area contributed by atoms with Crippen LogP contribution in [0.15, 0.2) is 59.4 Å². The van der Waals surface area contributed by atoms with Crippen LogP contribution in [0.25, 0.3) is 11.3 Å². The number of hydrogen-bond acceptors (Lipinski definition) is 5. The van der Waals surface area contributed by atoms with E-state index in [4.69, 9.17) is 0 Å². The van der Waals surface area contributed by atoms with E-state index < -0.39 is 10.5 Å². The van der Waals surface area contributed by atoms with E-state index in [1.54, 1.807) is 18.2 Å². The Bertz CT molecular complexity index is 1100. The maximum Gasteiger partial charge on any atom is 0.269 e. The topological polar surface area (TPSA) is 107 Å². The summed E-state index contributed by atoms with van der Waals surface area (Å²) < 4.78 is 1.07. The molecule has 3 rings (SSSR count). The van der Waals surface area contributed by atoms with Crippen molar-refractivity contribution in [3.8, 4) is 11.3 Å². The Labute approximate surface area is 160 Å². The third kappa shape index (κ3) is 4.12. The molecular weight excluding hydrogens is 360 g/mol. The van der Waals surface area contributed by atoms with Crippen LogP contribution in [0.3, 0.4) is 0 Å². The highest BCUT2D eigenvalue weighted by Gasteiger charge is 2.11. The molecule has 0 aliphatic rings. The first-order valence-corrected chi connectivity index (χ1v) is 8.54. The third-order valence-electron chi connectivity index (χ3n) is 4.41. The zero-order valence-electron chi connectivity index (χ0n) is 15.4. The van der Waals surface area contributed by atoms with Gasteiger partial charge in [-0.1, -0.05) is 12.1 Å². The maximum absolute atomic E-state index is 12.4. The summed E-state index contributed by atoms with van der Waals surface area (Å²) in [6, 6.07) is 14.2. The normalized spacial score (nSPS) is 10.5. The minimum absolute atomic E-state index is 0.0371. The number of hydrogen-bond donors (Lipinski definition) is 1. The number of benzene rings is 2. The highest BCUT2D eigenvalue weighted by molar-refractivity contribution is 5.91. The summed E-state index contributed by atoms with van der Waals surface area (Å²) in [7, 11) is 0. The van der Waals surface area contributed by atoms with E-state index in [1.165, 1.54) is 24.3 Å². The van der Waals surface area contributed by atoms with Crippen LogP contribution in [-0.4, -0.2) is 20.6 Å². The van der Waals surface area contributed by atoms with E-state index in [1.807, 2.05) is 26.0 Å². The second-order valence-corrected chi connectivity index (χ2v) is 6.31. The first-order chi connectivity index (χ1) is 13.3. The number of rotatable bonds is 5. The van der Waals surface area contributed by atoms with Crippen LogP contribution < -0.4 is 10.9 Å². The first-order valence-electron chi connectivity index (χ1n) is 8.54. The number of aryl methyl sites for hydroxylation is 1. The lowest BCUT2D eigenvalue weighted by Crippen LogP contribution is -2.29. The fourth-order valence-electron chi connectivity index (χ4n) is 2.68. The molecule has 1 heterocycles. The molecule has 0 bridgehead atoms. The molecule has 3 aromatic rings. The summed E-state index contributed by atoms with van der Waals surface area (Å²) in [6.45, 7) is 3.61. The van der Waals surface area contributed by atoms with Crippen molar-refractivity contribution in [1.82, 2.24) is 9.78 Å². The molecule has 0 spiro atoms. The van der Waals surface area contributed by atoms with Crippen LogP contribution in [0, 0.1) is 24.0 Å². The van der Waals surface area contributed by atoms with Crippen LogP contribution in [0.4, 0.5) is 11.4 Å². The summed E-state index contributed by atoms with van der Waals surface area (Å²) in [5, 5.41) is 17.8. The van der Waals surface area contributed by atoms with E-state index in [0.717, 1.165) is 15.8 Å². The van der Waals surface area contributed by atoms with Crippen molar-refractivity contribution in [1.29, 1.82) is 0 Å². The molecule has 142 valence electrons. The van der Waals surface area contributed by atoms with Gasteiger partial charge in [-0.05, 0) is 49.2 Å². The maximum atomic E-state index is 12.4. The number of nitro groups is 1. The zero-order valence-corrected chi connectivity index (χ0v) is 15.4. The van der Waals surface area contributed by atoms with Gasteiger partial charge in [-0.15, -0.1) is 0 Å². The largest absolute Gasteiger partial charge is 0.324 e.